The second kappa shape index (κ2) is 5.13. The topological polar surface area (TPSA) is 68.0 Å². The van der Waals surface area contributed by atoms with Gasteiger partial charge in [-0.2, -0.15) is 4.98 Å². The lowest BCUT2D eigenvalue weighted by molar-refractivity contribution is -0.125. The fourth-order valence-corrected chi connectivity index (χ4v) is 2.62. The SMILES string of the molecule is CC(C(=O)NCc1nc(-c2cccs2)no1)C1CC1. The molecule has 100 valence electrons. The Balaban J connectivity index is 1.57. The second-order valence-electron chi connectivity index (χ2n) is 4.83. The molecule has 0 saturated heterocycles. The molecule has 2 aromatic rings. The maximum absolute atomic E-state index is 11.8. The zero-order valence-corrected chi connectivity index (χ0v) is 11.4. The fourth-order valence-electron chi connectivity index (χ4n) is 1.97. The molecule has 1 aliphatic carbocycles. The highest BCUT2D eigenvalue weighted by atomic mass is 32.1. The molecule has 0 radical (unpaired) electrons. The summed E-state index contributed by atoms with van der Waals surface area (Å²) in [5, 5.41) is 8.71. The maximum atomic E-state index is 11.8. The van der Waals surface area contributed by atoms with Gasteiger partial charge in [0.15, 0.2) is 0 Å². The zero-order valence-electron chi connectivity index (χ0n) is 10.6. The van der Waals surface area contributed by atoms with E-state index in [-0.39, 0.29) is 11.8 Å². The first-order valence-electron chi connectivity index (χ1n) is 6.38. The maximum Gasteiger partial charge on any atom is 0.246 e. The summed E-state index contributed by atoms with van der Waals surface area (Å²) in [4.78, 5) is 17.1. The first-order valence-corrected chi connectivity index (χ1v) is 7.26. The molecule has 2 heterocycles. The van der Waals surface area contributed by atoms with E-state index in [2.05, 4.69) is 15.5 Å². The van der Waals surface area contributed by atoms with Gasteiger partial charge in [-0.05, 0) is 30.2 Å². The molecule has 5 nitrogen and oxygen atoms in total. The van der Waals surface area contributed by atoms with Crippen molar-refractivity contribution >= 4 is 17.2 Å². The summed E-state index contributed by atoms with van der Waals surface area (Å²) in [6, 6.07) is 3.88. The molecule has 1 saturated carbocycles. The number of nitrogens with zero attached hydrogens (tertiary/aromatic N) is 2. The molecule has 3 rings (SSSR count). The van der Waals surface area contributed by atoms with Crippen LogP contribution in [0.4, 0.5) is 0 Å². The van der Waals surface area contributed by atoms with Crippen LogP contribution in [0, 0.1) is 11.8 Å². The van der Waals surface area contributed by atoms with Crippen molar-refractivity contribution in [1.29, 1.82) is 0 Å². The van der Waals surface area contributed by atoms with Crippen molar-refractivity contribution in [1.82, 2.24) is 15.5 Å². The fraction of sp³-hybridized carbons (Fsp3) is 0.462. The van der Waals surface area contributed by atoms with Gasteiger partial charge in [0.25, 0.3) is 0 Å². The number of nitrogens with one attached hydrogen (secondary N) is 1. The van der Waals surface area contributed by atoms with Crippen molar-refractivity contribution in [3.8, 4) is 10.7 Å². The van der Waals surface area contributed by atoms with E-state index in [4.69, 9.17) is 4.52 Å². The molecule has 1 amide bonds. The van der Waals surface area contributed by atoms with E-state index in [1.165, 1.54) is 0 Å². The van der Waals surface area contributed by atoms with Crippen LogP contribution in [0.25, 0.3) is 10.7 Å². The van der Waals surface area contributed by atoms with Crippen LogP contribution in [0.15, 0.2) is 22.0 Å². The third-order valence-corrected chi connectivity index (χ3v) is 4.23. The molecule has 0 spiro atoms. The number of rotatable bonds is 5. The minimum Gasteiger partial charge on any atom is -0.347 e. The van der Waals surface area contributed by atoms with Crippen molar-refractivity contribution in [2.24, 2.45) is 11.8 Å². The van der Waals surface area contributed by atoms with Gasteiger partial charge >= 0.3 is 0 Å². The first-order chi connectivity index (χ1) is 9.24. The number of thiophene rings is 1. The highest BCUT2D eigenvalue weighted by molar-refractivity contribution is 7.13. The van der Waals surface area contributed by atoms with Gasteiger partial charge in [0, 0.05) is 5.92 Å². The minimum atomic E-state index is 0.0679. The van der Waals surface area contributed by atoms with E-state index in [1.807, 2.05) is 24.4 Å². The van der Waals surface area contributed by atoms with Crippen molar-refractivity contribution in [3.63, 3.8) is 0 Å². The standard InChI is InChI=1S/C13H15N3O2S/c1-8(9-4-5-9)13(17)14-7-11-15-12(16-18-11)10-3-2-6-19-10/h2-3,6,8-9H,4-5,7H2,1H3,(H,14,17). The molecule has 2 aromatic heterocycles. The molecule has 1 unspecified atom stereocenters. The van der Waals surface area contributed by atoms with Gasteiger partial charge in [0.2, 0.25) is 17.6 Å². The lowest BCUT2D eigenvalue weighted by Gasteiger charge is -2.08. The molecule has 0 aromatic carbocycles. The second-order valence-corrected chi connectivity index (χ2v) is 5.78. The quantitative estimate of drug-likeness (QED) is 0.911. The van der Waals surface area contributed by atoms with Gasteiger partial charge in [0.05, 0.1) is 11.4 Å². The Bertz CT molecular complexity index is 560. The van der Waals surface area contributed by atoms with Crippen LogP contribution < -0.4 is 5.32 Å². The lowest BCUT2D eigenvalue weighted by atomic mass is 10.1. The summed E-state index contributed by atoms with van der Waals surface area (Å²) >= 11 is 1.56. The highest BCUT2D eigenvalue weighted by Gasteiger charge is 2.32. The number of carbonyl (C=O) groups is 1. The third kappa shape index (κ3) is 2.84. The summed E-state index contributed by atoms with van der Waals surface area (Å²) in [6.45, 7) is 2.27. The average Bonchev–Trinajstić information content (AvgIpc) is 2.93. The summed E-state index contributed by atoms with van der Waals surface area (Å²) in [6.07, 6.45) is 2.33. The van der Waals surface area contributed by atoms with Crippen LogP contribution in [-0.2, 0) is 11.3 Å². The Morgan fingerprint density at radius 3 is 3.16 bits per heavy atom. The van der Waals surface area contributed by atoms with Gasteiger partial charge in [-0.25, -0.2) is 0 Å². The summed E-state index contributed by atoms with van der Waals surface area (Å²) in [5.41, 5.74) is 0. The molecule has 6 heteroatoms. The van der Waals surface area contributed by atoms with Crippen molar-refractivity contribution in [3.05, 3.63) is 23.4 Å². The zero-order chi connectivity index (χ0) is 13.2. The number of aromatic nitrogens is 2. The third-order valence-electron chi connectivity index (χ3n) is 3.37. The van der Waals surface area contributed by atoms with Gasteiger partial charge < -0.3 is 9.84 Å². The minimum absolute atomic E-state index is 0.0679. The Kier molecular flexibility index (Phi) is 3.33. The van der Waals surface area contributed by atoms with Gasteiger partial charge in [-0.1, -0.05) is 18.1 Å². The molecule has 0 aliphatic heterocycles. The number of hydrogen-bond donors (Lipinski definition) is 1. The smallest absolute Gasteiger partial charge is 0.246 e. The van der Waals surface area contributed by atoms with Crippen molar-refractivity contribution in [2.45, 2.75) is 26.3 Å². The van der Waals surface area contributed by atoms with Crippen LogP contribution in [-0.4, -0.2) is 16.0 Å². The normalized spacial score (nSPS) is 16.3. The predicted molar refractivity (Wildman–Crippen MR) is 71.3 cm³/mol. The van der Waals surface area contributed by atoms with E-state index in [9.17, 15) is 4.79 Å². The molecule has 0 bridgehead atoms. The Morgan fingerprint density at radius 2 is 2.47 bits per heavy atom. The molecular weight excluding hydrogens is 262 g/mol. The monoisotopic (exact) mass is 277 g/mol. The first kappa shape index (κ1) is 12.3. The van der Waals surface area contributed by atoms with Gasteiger partial charge in [-0.15, -0.1) is 11.3 Å². The van der Waals surface area contributed by atoms with Gasteiger partial charge in [-0.3, -0.25) is 4.79 Å². The van der Waals surface area contributed by atoms with Crippen molar-refractivity contribution in [2.75, 3.05) is 0 Å². The molecular formula is C13H15N3O2S. The van der Waals surface area contributed by atoms with Crippen LogP contribution in [0.5, 0.6) is 0 Å². The van der Waals surface area contributed by atoms with Crippen LogP contribution in [0.3, 0.4) is 0 Å². The summed E-state index contributed by atoms with van der Waals surface area (Å²) in [7, 11) is 0. The molecule has 1 N–H and O–H groups in total. The number of carbonyl (C=O) groups excluding carboxylic acids is 1. The Labute approximate surface area is 115 Å². The highest BCUT2D eigenvalue weighted by Crippen LogP contribution is 2.36. The number of hydrogen-bond acceptors (Lipinski definition) is 5. The van der Waals surface area contributed by atoms with E-state index < -0.39 is 0 Å². The predicted octanol–water partition coefficient (Wildman–Crippen LogP) is 2.46. The Morgan fingerprint density at radius 1 is 1.63 bits per heavy atom. The van der Waals surface area contributed by atoms with Gasteiger partial charge in [0.1, 0.15) is 0 Å². The average molecular weight is 277 g/mol. The molecule has 1 fully saturated rings. The Hall–Kier alpha value is -1.69. The largest absolute Gasteiger partial charge is 0.347 e. The molecule has 1 aliphatic rings. The van der Waals surface area contributed by atoms with E-state index in [1.54, 1.807) is 11.3 Å². The van der Waals surface area contributed by atoms with Crippen LogP contribution >= 0.6 is 11.3 Å². The van der Waals surface area contributed by atoms with Crippen LogP contribution in [0.2, 0.25) is 0 Å². The van der Waals surface area contributed by atoms with Crippen LogP contribution in [0.1, 0.15) is 25.7 Å². The van der Waals surface area contributed by atoms with E-state index in [0.717, 1.165) is 17.7 Å². The van der Waals surface area contributed by atoms with E-state index >= 15 is 0 Å². The molecule has 19 heavy (non-hydrogen) atoms. The van der Waals surface area contributed by atoms with Crippen molar-refractivity contribution < 1.29 is 9.32 Å². The molecule has 1 atom stereocenters. The number of amides is 1. The van der Waals surface area contributed by atoms with E-state index in [0.29, 0.717) is 24.2 Å². The summed E-state index contributed by atoms with van der Waals surface area (Å²) < 4.78 is 5.13. The lowest BCUT2D eigenvalue weighted by Crippen LogP contribution is -2.29. The summed E-state index contributed by atoms with van der Waals surface area (Å²) in [5.74, 6) is 1.73.